The molecule has 14 heavy (non-hydrogen) atoms. The third-order valence-corrected chi connectivity index (χ3v) is 2.83. The first-order valence-corrected chi connectivity index (χ1v) is 5.31. The number of rotatable bonds is 4. The summed E-state index contributed by atoms with van der Waals surface area (Å²) in [6.07, 6.45) is 6.19. The predicted molar refractivity (Wildman–Crippen MR) is 53.9 cm³/mol. The zero-order valence-electron chi connectivity index (χ0n) is 8.28. The van der Waals surface area contributed by atoms with Gasteiger partial charge in [-0.25, -0.2) is 0 Å². The van der Waals surface area contributed by atoms with Crippen molar-refractivity contribution in [1.82, 2.24) is 5.32 Å². The van der Waals surface area contributed by atoms with Gasteiger partial charge < -0.3 is 14.8 Å². The maximum absolute atomic E-state index is 9.71. The fraction of sp³-hybridized carbons (Fsp3) is 0.636. The van der Waals surface area contributed by atoms with Gasteiger partial charge in [0.15, 0.2) is 0 Å². The number of aliphatic hydroxyl groups is 1. The van der Waals surface area contributed by atoms with E-state index >= 15 is 0 Å². The van der Waals surface area contributed by atoms with Crippen molar-refractivity contribution in [2.24, 2.45) is 0 Å². The third kappa shape index (κ3) is 2.36. The summed E-state index contributed by atoms with van der Waals surface area (Å²) >= 11 is 0. The van der Waals surface area contributed by atoms with Crippen LogP contribution < -0.4 is 5.32 Å². The summed E-state index contributed by atoms with van der Waals surface area (Å²) in [6, 6.07) is 4.20. The van der Waals surface area contributed by atoms with E-state index in [0.29, 0.717) is 18.3 Å². The highest BCUT2D eigenvalue weighted by Crippen LogP contribution is 2.19. The van der Waals surface area contributed by atoms with Gasteiger partial charge in [0.2, 0.25) is 0 Å². The molecule has 1 aliphatic rings. The second-order valence-electron chi connectivity index (χ2n) is 3.92. The molecule has 0 amide bonds. The molecule has 78 valence electrons. The van der Waals surface area contributed by atoms with Crippen LogP contribution in [0, 0.1) is 0 Å². The van der Waals surface area contributed by atoms with Gasteiger partial charge in [-0.3, -0.25) is 0 Å². The second kappa shape index (κ2) is 4.62. The Morgan fingerprint density at radius 3 is 2.93 bits per heavy atom. The predicted octanol–water partition coefficient (Wildman–Crippen LogP) is 1.85. The molecule has 2 rings (SSSR count). The minimum atomic E-state index is -0.509. The van der Waals surface area contributed by atoms with Crippen LogP contribution in [0.25, 0.3) is 0 Å². The summed E-state index contributed by atoms with van der Waals surface area (Å²) in [5.74, 6) is 0.649. The van der Waals surface area contributed by atoms with Crippen molar-refractivity contribution in [3.8, 4) is 0 Å². The van der Waals surface area contributed by atoms with Crippen LogP contribution >= 0.6 is 0 Å². The van der Waals surface area contributed by atoms with Crippen LogP contribution in [0.15, 0.2) is 22.8 Å². The molecule has 0 aliphatic heterocycles. The highest BCUT2D eigenvalue weighted by atomic mass is 16.4. The topological polar surface area (TPSA) is 45.4 Å². The Morgan fingerprint density at radius 2 is 2.29 bits per heavy atom. The molecule has 1 heterocycles. The van der Waals surface area contributed by atoms with Crippen molar-refractivity contribution < 1.29 is 9.52 Å². The first-order chi connectivity index (χ1) is 6.86. The van der Waals surface area contributed by atoms with E-state index in [4.69, 9.17) is 4.42 Å². The molecular formula is C11H17NO2. The van der Waals surface area contributed by atoms with E-state index in [0.717, 1.165) is 0 Å². The highest BCUT2D eigenvalue weighted by molar-refractivity contribution is 5.02. The second-order valence-corrected chi connectivity index (χ2v) is 3.92. The quantitative estimate of drug-likeness (QED) is 0.770. The summed E-state index contributed by atoms with van der Waals surface area (Å²) in [5.41, 5.74) is 0. The molecule has 2 N–H and O–H groups in total. The first kappa shape index (κ1) is 9.74. The molecule has 0 aromatic carbocycles. The lowest BCUT2D eigenvalue weighted by molar-refractivity contribution is 0.143. The Bertz CT molecular complexity index is 252. The largest absolute Gasteiger partial charge is 0.467 e. The molecule has 1 fully saturated rings. The van der Waals surface area contributed by atoms with E-state index < -0.39 is 6.10 Å². The lowest BCUT2D eigenvalue weighted by Crippen LogP contribution is -2.30. The van der Waals surface area contributed by atoms with Crippen LogP contribution in [-0.2, 0) is 0 Å². The van der Waals surface area contributed by atoms with E-state index in [-0.39, 0.29) is 0 Å². The minimum absolute atomic E-state index is 0.509. The lowest BCUT2D eigenvalue weighted by atomic mass is 10.2. The molecule has 1 saturated carbocycles. The van der Waals surface area contributed by atoms with Crippen LogP contribution in [0.4, 0.5) is 0 Å². The zero-order chi connectivity index (χ0) is 9.80. The highest BCUT2D eigenvalue weighted by Gasteiger charge is 2.17. The summed E-state index contributed by atoms with van der Waals surface area (Å²) in [6.45, 7) is 0.595. The molecule has 0 bridgehead atoms. The van der Waals surface area contributed by atoms with Crippen LogP contribution in [-0.4, -0.2) is 17.7 Å². The fourth-order valence-corrected chi connectivity index (χ4v) is 1.99. The SMILES string of the molecule is OC(CNC1CCCC1)c1ccco1. The third-order valence-electron chi connectivity index (χ3n) is 2.83. The molecular weight excluding hydrogens is 178 g/mol. The van der Waals surface area contributed by atoms with Gasteiger partial charge in [0, 0.05) is 12.6 Å². The monoisotopic (exact) mass is 195 g/mol. The number of hydrogen-bond donors (Lipinski definition) is 2. The maximum Gasteiger partial charge on any atom is 0.133 e. The van der Waals surface area contributed by atoms with Crippen LogP contribution in [0.1, 0.15) is 37.5 Å². The molecule has 0 spiro atoms. The molecule has 1 aliphatic carbocycles. The molecule has 1 unspecified atom stereocenters. The van der Waals surface area contributed by atoms with Crippen molar-refractivity contribution in [3.63, 3.8) is 0 Å². The average Bonchev–Trinajstić information content (AvgIpc) is 2.87. The standard InChI is InChI=1S/C11H17NO2/c13-10(11-6-3-7-14-11)8-12-9-4-1-2-5-9/h3,6-7,9-10,12-13H,1-2,4-5,8H2. The van der Waals surface area contributed by atoms with Gasteiger partial charge in [-0.2, -0.15) is 0 Å². The molecule has 3 nitrogen and oxygen atoms in total. The Balaban J connectivity index is 1.74. The smallest absolute Gasteiger partial charge is 0.133 e. The number of hydrogen-bond acceptors (Lipinski definition) is 3. The summed E-state index contributed by atoms with van der Waals surface area (Å²) in [5, 5.41) is 13.1. The van der Waals surface area contributed by atoms with Crippen molar-refractivity contribution in [2.45, 2.75) is 37.8 Å². The lowest BCUT2D eigenvalue weighted by Gasteiger charge is -2.14. The van der Waals surface area contributed by atoms with Crippen molar-refractivity contribution >= 4 is 0 Å². The number of furan rings is 1. The Labute approximate surface area is 84.1 Å². The van der Waals surface area contributed by atoms with Crippen molar-refractivity contribution in [2.75, 3.05) is 6.54 Å². The Morgan fingerprint density at radius 1 is 1.50 bits per heavy atom. The number of nitrogens with one attached hydrogen (secondary N) is 1. The van der Waals surface area contributed by atoms with Gasteiger partial charge in [0.1, 0.15) is 11.9 Å². The van der Waals surface area contributed by atoms with E-state index in [1.54, 1.807) is 18.4 Å². The molecule has 1 atom stereocenters. The normalized spacial score (nSPS) is 20.1. The van der Waals surface area contributed by atoms with Gasteiger partial charge in [-0.05, 0) is 25.0 Å². The number of aliphatic hydroxyl groups excluding tert-OH is 1. The van der Waals surface area contributed by atoms with E-state index in [2.05, 4.69) is 5.32 Å². The Hall–Kier alpha value is -0.800. The maximum atomic E-state index is 9.71. The van der Waals surface area contributed by atoms with Crippen LogP contribution in [0.2, 0.25) is 0 Å². The van der Waals surface area contributed by atoms with Crippen LogP contribution in [0.3, 0.4) is 0 Å². The van der Waals surface area contributed by atoms with Gasteiger partial charge in [-0.1, -0.05) is 12.8 Å². The molecule has 1 aromatic heterocycles. The fourth-order valence-electron chi connectivity index (χ4n) is 1.99. The van der Waals surface area contributed by atoms with E-state index in [9.17, 15) is 5.11 Å². The van der Waals surface area contributed by atoms with Gasteiger partial charge in [-0.15, -0.1) is 0 Å². The van der Waals surface area contributed by atoms with Crippen molar-refractivity contribution in [3.05, 3.63) is 24.2 Å². The Kier molecular flexibility index (Phi) is 3.22. The van der Waals surface area contributed by atoms with Crippen molar-refractivity contribution in [1.29, 1.82) is 0 Å². The summed E-state index contributed by atoms with van der Waals surface area (Å²) in [4.78, 5) is 0. The first-order valence-electron chi connectivity index (χ1n) is 5.31. The summed E-state index contributed by atoms with van der Waals surface area (Å²) in [7, 11) is 0. The molecule has 0 radical (unpaired) electrons. The summed E-state index contributed by atoms with van der Waals surface area (Å²) < 4.78 is 5.12. The van der Waals surface area contributed by atoms with Gasteiger partial charge >= 0.3 is 0 Å². The van der Waals surface area contributed by atoms with Gasteiger partial charge in [0.05, 0.1) is 6.26 Å². The molecule has 3 heteroatoms. The van der Waals surface area contributed by atoms with Crippen LogP contribution in [0.5, 0.6) is 0 Å². The molecule has 1 aromatic rings. The van der Waals surface area contributed by atoms with E-state index in [1.807, 2.05) is 0 Å². The molecule has 0 saturated heterocycles. The zero-order valence-corrected chi connectivity index (χ0v) is 8.28. The van der Waals surface area contributed by atoms with E-state index in [1.165, 1.54) is 25.7 Å². The minimum Gasteiger partial charge on any atom is -0.467 e. The van der Waals surface area contributed by atoms with Gasteiger partial charge in [0.25, 0.3) is 0 Å². The average molecular weight is 195 g/mol.